The molecular formula is C31H38N2O2. The normalized spacial score (nSPS) is 13.3. The highest BCUT2D eigenvalue weighted by Crippen LogP contribution is 2.44. The molecule has 1 amide bonds. The third-order valence-corrected chi connectivity index (χ3v) is 6.56. The van der Waals surface area contributed by atoms with E-state index in [1.54, 1.807) is 4.90 Å². The minimum atomic E-state index is -1.02. The van der Waals surface area contributed by atoms with Crippen molar-refractivity contribution in [2.45, 2.75) is 64.1 Å². The topological polar surface area (TPSA) is 63.4 Å². The third kappa shape index (κ3) is 5.71. The first-order valence-corrected chi connectivity index (χ1v) is 12.7. The molecule has 3 aromatic rings. The lowest BCUT2D eigenvalue weighted by Crippen LogP contribution is -2.60. The van der Waals surface area contributed by atoms with Crippen molar-refractivity contribution in [1.82, 2.24) is 4.90 Å². The summed E-state index contributed by atoms with van der Waals surface area (Å²) in [7, 11) is 0. The Kier molecular flexibility index (Phi) is 9.39. The second-order valence-electron chi connectivity index (χ2n) is 9.60. The van der Waals surface area contributed by atoms with Gasteiger partial charge in [0.25, 0.3) is 0 Å². The molecule has 0 saturated heterocycles. The number of nitrogens with two attached hydrogens (primary N) is 1. The number of carbonyl (C=O) groups is 2. The number of aldehydes is 1. The van der Waals surface area contributed by atoms with Crippen molar-refractivity contribution >= 4 is 12.2 Å². The lowest BCUT2D eigenvalue weighted by Gasteiger charge is -2.49. The molecule has 0 aliphatic rings. The van der Waals surface area contributed by atoms with Gasteiger partial charge in [0.1, 0.15) is 11.8 Å². The van der Waals surface area contributed by atoms with Crippen molar-refractivity contribution in [3.8, 4) is 0 Å². The van der Waals surface area contributed by atoms with Gasteiger partial charge in [-0.25, -0.2) is 0 Å². The molecule has 184 valence electrons. The number of hydrogen-bond donors (Lipinski definition) is 1. The Balaban J connectivity index is 2.41. The van der Waals surface area contributed by atoms with Crippen LogP contribution in [0.2, 0.25) is 0 Å². The summed E-state index contributed by atoms with van der Waals surface area (Å²) in [4.78, 5) is 28.9. The Hall–Kier alpha value is -3.24. The zero-order valence-corrected chi connectivity index (χ0v) is 21.1. The molecule has 4 heteroatoms. The monoisotopic (exact) mass is 470 g/mol. The van der Waals surface area contributed by atoms with Gasteiger partial charge in [0, 0.05) is 0 Å². The van der Waals surface area contributed by atoms with Crippen molar-refractivity contribution in [3.05, 3.63) is 108 Å². The Morgan fingerprint density at radius 1 is 0.857 bits per heavy atom. The highest BCUT2D eigenvalue weighted by Gasteiger charge is 2.48. The lowest BCUT2D eigenvalue weighted by atomic mass is 9.74. The predicted octanol–water partition coefficient (Wildman–Crippen LogP) is 5.94. The summed E-state index contributed by atoms with van der Waals surface area (Å²) in [6, 6.07) is 28.7. The summed E-state index contributed by atoms with van der Waals surface area (Å²) in [5, 5.41) is 0. The smallest absolute Gasteiger partial charge is 0.241 e. The first-order valence-electron chi connectivity index (χ1n) is 12.7. The van der Waals surface area contributed by atoms with Gasteiger partial charge >= 0.3 is 0 Å². The van der Waals surface area contributed by atoms with Crippen LogP contribution in [0.4, 0.5) is 0 Å². The predicted molar refractivity (Wildman–Crippen MR) is 143 cm³/mol. The van der Waals surface area contributed by atoms with Crippen LogP contribution < -0.4 is 5.73 Å². The van der Waals surface area contributed by atoms with Gasteiger partial charge in [0.05, 0.1) is 12.1 Å². The molecule has 0 bridgehead atoms. The number of hydrogen-bond acceptors (Lipinski definition) is 3. The fourth-order valence-electron chi connectivity index (χ4n) is 4.99. The fourth-order valence-corrected chi connectivity index (χ4v) is 4.99. The molecule has 3 aromatic carbocycles. The molecular weight excluding hydrogens is 432 g/mol. The van der Waals surface area contributed by atoms with Gasteiger partial charge in [-0.2, -0.15) is 0 Å². The van der Waals surface area contributed by atoms with E-state index in [2.05, 4.69) is 20.8 Å². The molecule has 0 fully saturated rings. The number of carbonyl (C=O) groups excluding carboxylic acids is 2. The van der Waals surface area contributed by atoms with Crippen molar-refractivity contribution in [2.24, 2.45) is 11.7 Å². The van der Waals surface area contributed by atoms with Gasteiger partial charge in [0.2, 0.25) is 5.91 Å². The van der Waals surface area contributed by atoms with Crippen LogP contribution in [0.1, 0.15) is 63.1 Å². The number of rotatable bonds is 12. The van der Waals surface area contributed by atoms with Crippen molar-refractivity contribution in [1.29, 1.82) is 0 Å². The summed E-state index contributed by atoms with van der Waals surface area (Å²) in [5.41, 5.74) is 8.31. The molecule has 3 rings (SSSR count). The summed E-state index contributed by atoms with van der Waals surface area (Å²) in [5.74, 6) is 0.0455. The molecule has 35 heavy (non-hydrogen) atoms. The maximum atomic E-state index is 14.4. The zero-order valence-electron chi connectivity index (χ0n) is 21.1. The SMILES string of the molecule is CCCC[C@@H](C=O)N(C(=O)[C@@H](N)CC(C)C)C(c1ccccc1)(c1ccccc1)c1ccccc1. The van der Waals surface area contributed by atoms with Crippen molar-refractivity contribution < 1.29 is 9.59 Å². The Bertz CT molecular complexity index is 954. The second-order valence-corrected chi connectivity index (χ2v) is 9.60. The highest BCUT2D eigenvalue weighted by atomic mass is 16.2. The van der Waals surface area contributed by atoms with E-state index in [1.807, 2.05) is 91.0 Å². The molecule has 0 aliphatic heterocycles. The Labute approximate surface area is 210 Å². The van der Waals surface area contributed by atoms with Crippen LogP contribution in [0.5, 0.6) is 0 Å². The maximum absolute atomic E-state index is 14.4. The van der Waals surface area contributed by atoms with Crippen LogP contribution in [0.3, 0.4) is 0 Å². The van der Waals surface area contributed by atoms with E-state index in [0.29, 0.717) is 12.8 Å². The maximum Gasteiger partial charge on any atom is 0.241 e. The number of unbranched alkanes of at least 4 members (excludes halogenated alkanes) is 1. The third-order valence-electron chi connectivity index (χ3n) is 6.56. The highest BCUT2D eigenvalue weighted by molar-refractivity contribution is 5.87. The fraction of sp³-hybridized carbons (Fsp3) is 0.355. The molecule has 0 spiro atoms. The summed E-state index contributed by atoms with van der Waals surface area (Å²) in [6.45, 7) is 6.21. The average Bonchev–Trinajstić information content (AvgIpc) is 2.89. The Morgan fingerprint density at radius 2 is 1.29 bits per heavy atom. The van der Waals surface area contributed by atoms with Crippen LogP contribution in [0.25, 0.3) is 0 Å². The number of nitrogens with zero attached hydrogens (tertiary/aromatic N) is 1. The van der Waals surface area contributed by atoms with E-state index < -0.39 is 17.6 Å². The first-order chi connectivity index (χ1) is 17.0. The van der Waals surface area contributed by atoms with Crippen LogP contribution >= 0.6 is 0 Å². The van der Waals surface area contributed by atoms with Gasteiger partial charge < -0.3 is 15.4 Å². The molecule has 2 atom stereocenters. The Morgan fingerprint density at radius 3 is 1.63 bits per heavy atom. The van der Waals surface area contributed by atoms with Crippen LogP contribution in [-0.4, -0.2) is 29.2 Å². The molecule has 0 saturated carbocycles. The molecule has 0 radical (unpaired) electrons. The van der Waals surface area contributed by atoms with Gasteiger partial charge in [-0.05, 0) is 35.4 Å². The molecule has 2 N–H and O–H groups in total. The van der Waals surface area contributed by atoms with Gasteiger partial charge in [-0.3, -0.25) is 4.79 Å². The molecule has 0 unspecified atom stereocenters. The van der Waals surface area contributed by atoms with Gasteiger partial charge in [-0.1, -0.05) is 125 Å². The standard InChI is InChI=1S/C31H38N2O2/c1-4-5-21-28(23-34)33(30(35)29(32)22-24(2)3)31(25-15-9-6-10-16-25,26-17-11-7-12-18-26)27-19-13-8-14-20-27/h6-20,23-24,28-29H,4-5,21-22,32H2,1-3H3/t28-,29-/m0/s1. The van der Waals surface area contributed by atoms with E-state index in [9.17, 15) is 9.59 Å². The van der Waals surface area contributed by atoms with E-state index in [1.165, 1.54) is 0 Å². The summed E-state index contributed by atoms with van der Waals surface area (Å²) >= 11 is 0. The lowest BCUT2D eigenvalue weighted by molar-refractivity contribution is -0.143. The minimum absolute atomic E-state index is 0.205. The van der Waals surface area contributed by atoms with E-state index in [4.69, 9.17) is 5.73 Å². The largest absolute Gasteiger partial charge is 0.320 e. The van der Waals surface area contributed by atoms with E-state index in [-0.39, 0.29) is 11.8 Å². The molecule has 0 aromatic heterocycles. The minimum Gasteiger partial charge on any atom is -0.320 e. The van der Waals surface area contributed by atoms with Crippen LogP contribution in [-0.2, 0) is 15.1 Å². The quantitative estimate of drug-likeness (QED) is 0.263. The zero-order chi connectivity index (χ0) is 25.3. The van der Waals surface area contributed by atoms with Crippen molar-refractivity contribution in [2.75, 3.05) is 0 Å². The average molecular weight is 471 g/mol. The summed E-state index contributed by atoms with van der Waals surface area (Å²) in [6.07, 6.45) is 3.82. The molecule has 0 aliphatic carbocycles. The summed E-state index contributed by atoms with van der Waals surface area (Å²) < 4.78 is 0. The first kappa shape index (κ1) is 26.4. The van der Waals surface area contributed by atoms with Gasteiger partial charge in [0.15, 0.2) is 0 Å². The van der Waals surface area contributed by atoms with Crippen LogP contribution in [0, 0.1) is 5.92 Å². The van der Waals surface area contributed by atoms with E-state index >= 15 is 0 Å². The number of amides is 1. The van der Waals surface area contributed by atoms with Crippen LogP contribution in [0.15, 0.2) is 91.0 Å². The molecule has 4 nitrogen and oxygen atoms in total. The second kappa shape index (κ2) is 12.5. The van der Waals surface area contributed by atoms with Crippen molar-refractivity contribution in [3.63, 3.8) is 0 Å². The molecule has 0 heterocycles. The van der Waals surface area contributed by atoms with E-state index in [0.717, 1.165) is 35.8 Å². The number of benzene rings is 3. The van der Waals surface area contributed by atoms with Gasteiger partial charge in [-0.15, -0.1) is 0 Å².